The van der Waals surface area contributed by atoms with Gasteiger partial charge in [0.1, 0.15) is 0 Å². The number of nitrogens with zero attached hydrogens (tertiary/aromatic N) is 2. The number of hydrogen-bond donors (Lipinski definition) is 1. The molecule has 5 heteroatoms. The normalized spacial score (nSPS) is 10.0. The summed E-state index contributed by atoms with van der Waals surface area (Å²) in [7, 11) is 0. The molecule has 0 saturated heterocycles. The van der Waals surface area contributed by atoms with Crippen LogP contribution in [0.25, 0.3) is 5.69 Å². The molecule has 16 heavy (non-hydrogen) atoms. The van der Waals surface area contributed by atoms with E-state index in [2.05, 4.69) is 5.10 Å². The minimum atomic E-state index is -1.08. The van der Waals surface area contributed by atoms with Crippen molar-refractivity contribution in [3.8, 4) is 5.69 Å². The molecule has 2 aromatic rings. The van der Waals surface area contributed by atoms with Crippen LogP contribution >= 0.6 is 0 Å². The van der Waals surface area contributed by atoms with E-state index in [4.69, 9.17) is 5.11 Å². The van der Waals surface area contributed by atoms with Crippen LogP contribution in [0.15, 0.2) is 36.5 Å². The summed E-state index contributed by atoms with van der Waals surface area (Å²) in [5, 5.41) is 12.8. The zero-order valence-electron chi connectivity index (χ0n) is 8.20. The Labute approximate surface area is 90.9 Å². The third kappa shape index (κ3) is 1.58. The van der Waals surface area contributed by atoms with Gasteiger partial charge in [-0.1, -0.05) is 12.1 Å². The van der Waals surface area contributed by atoms with Crippen molar-refractivity contribution in [1.82, 2.24) is 9.78 Å². The van der Waals surface area contributed by atoms with Gasteiger partial charge in [-0.25, -0.2) is 9.48 Å². The maximum Gasteiger partial charge on any atom is 0.354 e. The Balaban J connectivity index is 2.63. The highest BCUT2D eigenvalue weighted by Gasteiger charge is 2.13. The van der Waals surface area contributed by atoms with Crippen LogP contribution in [0.3, 0.4) is 0 Å². The second-order valence-corrected chi connectivity index (χ2v) is 3.11. The lowest BCUT2D eigenvalue weighted by Crippen LogP contribution is -2.09. The van der Waals surface area contributed by atoms with Crippen molar-refractivity contribution in [3.05, 3.63) is 47.8 Å². The third-order valence-corrected chi connectivity index (χ3v) is 2.15. The minimum Gasteiger partial charge on any atom is -0.477 e. The Morgan fingerprint density at radius 3 is 2.75 bits per heavy atom. The van der Waals surface area contributed by atoms with E-state index in [-0.39, 0.29) is 5.69 Å². The lowest BCUT2D eigenvalue weighted by atomic mass is 10.2. The molecule has 0 atom stereocenters. The first-order chi connectivity index (χ1) is 7.74. The molecule has 0 radical (unpaired) electrons. The second kappa shape index (κ2) is 3.98. The third-order valence-electron chi connectivity index (χ3n) is 2.15. The molecule has 0 aliphatic carbocycles. The Morgan fingerprint density at radius 1 is 1.31 bits per heavy atom. The molecule has 80 valence electrons. The number of benzene rings is 1. The first kappa shape index (κ1) is 10.1. The quantitative estimate of drug-likeness (QED) is 0.787. The highest BCUT2D eigenvalue weighted by atomic mass is 16.4. The standard InChI is InChI=1S/C11H8N2O3/c14-7-8-3-1-2-4-9(8)13-10(11(15)16)5-6-12-13/h1-7H,(H,15,16). The number of carboxylic acids is 1. The van der Waals surface area contributed by atoms with E-state index < -0.39 is 5.97 Å². The molecular formula is C11H8N2O3. The Morgan fingerprint density at radius 2 is 2.06 bits per heavy atom. The summed E-state index contributed by atoms with van der Waals surface area (Å²) in [6.07, 6.45) is 2.05. The zero-order valence-corrected chi connectivity index (χ0v) is 8.20. The summed E-state index contributed by atoms with van der Waals surface area (Å²) < 4.78 is 1.23. The van der Waals surface area contributed by atoms with E-state index in [1.165, 1.54) is 16.9 Å². The van der Waals surface area contributed by atoms with Crippen LogP contribution in [-0.2, 0) is 0 Å². The van der Waals surface area contributed by atoms with Crippen molar-refractivity contribution in [1.29, 1.82) is 0 Å². The average molecular weight is 216 g/mol. The summed E-state index contributed by atoms with van der Waals surface area (Å²) in [5.41, 5.74) is 0.878. The highest BCUT2D eigenvalue weighted by molar-refractivity contribution is 5.87. The number of para-hydroxylation sites is 1. The van der Waals surface area contributed by atoms with Gasteiger partial charge in [0, 0.05) is 5.56 Å². The fourth-order valence-corrected chi connectivity index (χ4v) is 1.44. The Hall–Kier alpha value is -2.43. The number of aromatic carboxylic acids is 1. The number of carboxylic acid groups (broad SMARTS) is 1. The number of carbonyl (C=O) groups is 2. The molecule has 1 aromatic carbocycles. The minimum absolute atomic E-state index is 0.0225. The molecular weight excluding hydrogens is 208 g/mol. The molecule has 0 fully saturated rings. The van der Waals surface area contributed by atoms with Gasteiger partial charge in [-0.3, -0.25) is 4.79 Å². The van der Waals surface area contributed by atoms with Gasteiger partial charge in [0.25, 0.3) is 0 Å². The Kier molecular flexibility index (Phi) is 2.51. The van der Waals surface area contributed by atoms with Crippen LogP contribution in [-0.4, -0.2) is 27.1 Å². The molecule has 0 aliphatic heterocycles. The monoisotopic (exact) mass is 216 g/mol. The zero-order chi connectivity index (χ0) is 11.5. The van der Waals surface area contributed by atoms with Crippen molar-refractivity contribution in [2.24, 2.45) is 0 Å². The van der Waals surface area contributed by atoms with E-state index in [1.54, 1.807) is 24.3 Å². The molecule has 0 saturated carbocycles. The lowest BCUT2D eigenvalue weighted by molar-refractivity contribution is 0.0686. The van der Waals surface area contributed by atoms with Gasteiger partial charge < -0.3 is 5.11 Å². The van der Waals surface area contributed by atoms with E-state index in [1.807, 2.05) is 0 Å². The Bertz CT molecular complexity index is 546. The summed E-state index contributed by atoms with van der Waals surface area (Å²) >= 11 is 0. The lowest BCUT2D eigenvalue weighted by Gasteiger charge is -2.06. The molecule has 5 nitrogen and oxygen atoms in total. The first-order valence-corrected chi connectivity index (χ1v) is 4.56. The molecule has 0 amide bonds. The van der Waals surface area contributed by atoms with Crippen LogP contribution in [0.1, 0.15) is 20.8 Å². The van der Waals surface area contributed by atoms with Crippen LogP contribution < -0.4 is 0 Å². The first-order valence-electron chi connectivity index (χ1n) is 4.56. The number of hydrogen-bond acceptors (Lipinski definition) is 3. The van der Waals surface area contributed by atoms with Crippen molar-refractivity contribution in [2.75, 3.05) is 0 Å². The number of rotatable bonds is 3. The molecule has 0 spiro atoms. The largest absolute Gasteiger partial charge is 0.477 e. The molecule has 1 heterocycles. The van der Waals surface area contributed by atoms with Gasteiger partial charge in [0.2, 0.25) is 0 Å². The predicted octanol–water partition coefficient (Wildman–Crippen LogP) is 1.38. The van der Waals surface area contributed by atoms with Gasteiger partial charge in [-0.05, 0) is 18.2 Å². The van der Waals surface area contributed by atoms with Gasteiger partial charge in [-0.2, -0.15) is 5.10 Å². The number of carbonyl (C=O) groups excluding carboxylic acids is 1. The van der Waals surface area contributed by atoms with Gasteiger partial charge in [-0.15, -0.1) is 0 Å². The van der Waals surface area contributed by atoms with E-state index in [0.717, 1.165) is 0 Å². The summed E-state index contributed by atoms with van der Waals surface area (Å²) in [6.45, 7) is 0. The maximum atomic E-state index is 10.9. The topological polar surface area (TPSA) is 72.2 Å². The fourth-order valence-electron chi connectivity index (χ4n) is 1.44. The predicted molar refractivity (Wildman–Crippen MR) is 55.9 cm³/mol. The van der Waals surface area contributed by atoms with Crippen molar-refractivity contribution < 1.29 is 14.7 Å². The summed E-state index contributed by atoms with van der Waals surface area (Å²) in [4.78, 5) is 21.7. The number of aromatic nitrogens is 2. The van der Waals surface area contributed by atoms with Crippen LogP contribution in [0.5, 0.6) is 0 Å². The maximum absolute atomic E-state index is 10.9. The van der Waals surface area contributed by atoms with Crippen LogP contribution in [0.4, 0.5) is 0 Å². The molecule has 1 N–H and O–H groups in total. The van der Waals surface area contributed by atoms with Gasteiger partial charge in [0.15, 0.2) is 12.0 Å². The summed E-state index contributed by atoms with van der Waals surface area (Å²) in [6, 6.07) is 8.05. The summed E-state index contributed by atoms with van der Waals surface area (Å²) in [5.74, 6) is -1.08. The average Bonchev–Trinajstić information content (AvgIpc) is 2.77. The van der Waals surface area contributed by atoms with Gasteiger partial charge >= 0.3 is 5.97 Å². The molecule has 0 bridgehead atoms. The second-order valence-electron chi connectivity index (χ2n) is 3.11. The van der Waals surface area contributed by atoms with Crippen molar-refractivity contribution in [2.45, 2.75) is 0 Å². The number of aldehydes is 1. The molecule has 2 rings (SSSR count). The molecule has 0 aliphatic rings. The van der Waals surface area contributed by atoms with E-state index >= 15 is 0 Å². The smallest absolute Gasteiger partial charge is 0.354 e. The van der Waals surface area contributed by atoms with Crippen LogP contribution in [0.2, 0.25) is 0 Å². The van der Waals surface area contributed by atoms with E-state index in [0.29, 0.717) is 17.5 Å². The molecule has 0 unspecified atom stereocenters. The highest BCUT2D eigenvalue weighted by Crippen LogP contribution is 2.14. The van der Waals surface area contributed by atoms with Crippen molar-refractivity contribution in [3.63, 3.8) is 0 Å². The SMILES string of the molecule is O=Cc1ccccc1-n1nccc1C(=O)O. The molecule has 1 aromatic heterocycles. The van der Waals surface area contributed by atoms with E-state index in [9.17, 15) is 9.59 Å². The van der Waals surface area contributed by atoms with Gasteiger partial charge in [0.05, 0.1) is 11.9 Å². The van der Waals surface area contributed by atoms with Crippen LogP contribution in [0, 0.1) is 0 Å². The van der Waals surface area contributed by atoms with Crippen molar-refractivity contribution >= 4 is 12.3 Å². The fraction of sp³-hybridized carbons (Fsp3) is 0.